The summed E-state index contributed by atoms with van der Waals surface area (Å²) in [7, 11) is 0. The summed E-state index contributed by atoms with van der Waals surface area (Å²) in [5.41, 5.74) is 1.15. The van der Waals surface area contributed by atoms with Crippen molar-refractivity contribution in [2.45, 2.75) is 25.9 Å². The van der Waals surface area contributed by atoms with Crippen LogP contribution in [0.3, 0.4) is 0 Å². The molecule has 1 N–H and O–H groups in total. The van der Waals surface area contributed by atoms with E-state index in [2.05, 4.69) is 33.1 Å². The first-order valence-electron chi connectivity index (χ1n) is 6.05. The predicted octanol–water partition coefficient (Wildman–Crippen LogP) is 2.77. The third-order valence-electron chi connectivity index (χ3n) is 3.09. The Kier molecular flexibility index (Phi) is 4.54. The molecule has 1 aromatic rings. The zero-order valence-electron chi connectivity index (χ0n) is 10.0. The maximum absolute atomic E-state index is 13.0. The molecule has 1 saturated heterocycles. The molecular weight excluding hydrogens is 283 g/mol. The van der Waals surface area contributed by atoms with Crippen LogP contribution in [0.1, 0.15) is 18.9 Å². The second kappa shape index (κ2) is 5.94. The molecule has 94 valence electrons. The van der Waals surface area contributed by atoms with Gasteiger partial charge < -0.3 is 5.32 Å². The van der Waals surface area contributed by atoms with Gasteiger partial charge in [0.15, 0.2) is 0 Å². The van der Waals surface area contributed by atoms with Crippen LogP contribution < -0.4 is 5.32 Å². The van der Waals surface area contributed by atoms with E-state index in [4.69, 9.17) is 0 Å². The van der Waals surface area contributed by atoms with Gasteiger partial charge >= 0.3 is 0 Å². The Morgan fingerprint density at radius 2 is 2.35 bits per heavy atom. The Morgan fingerprint density at radius 3 is 3.12 bits per heavy atom. The van der Waals surface area contributed by atoms with Crippen molar-refractivity contribution in [1.82, 2.24) is 10.2 Å². The van der Waals surface area contributed by atoms with E-state index in [0.29, 0.717) is 6.04 Å². The zero-order valence-corrected chi connectivity index (χ0v) is 11.6. The molecule has 0 radical (unpaired) electrons. The Hall–Kier alpha value is -0.450. The normalized spacial score (nSPS) is 22.4. The first-order chi connectivity index (χ1) is 8.15. The highest BCUT2D eigenvalue weighted by molar-refractivity contribution is 9.10. The maximum atomic E-state index is 13.0. The minimum atomic E-state index is -0.188. The molecule has 0 bridgehead atoms. The van der Waals surface area contributed by atoms with Crippen molar-refractivity contribution >= 4 is 15.9 Å². The first kappa shape index (κ1) is 13.0. The summed E-state index contributed by atoms with van der Waals surface area (Å²) in [6.07, 6.45) is 1.17. The van der Waals surface area contributed by atoms with E-state index in [9.17, 15) is 4.39 Å². The molecule has 1 aliphatic rings. The second-order valence-corrected chi connectivity index (χ2v) is 5.53. The summed E-state index contributed by atoms with van der Waals surface area (Å²) in [4.78, 5) is 2.42. The predicted molar refractivity (Wildman–Crippen MR) is 71.5 cm³/mol. The van der Waals surface area contributed by atoms with Gasteiger partial charge in [0.25, 0.3) is 0 Å². The summed E-state index contributed by atoms with van der Waals surface area (Å²) in [6, 6.07) is 5.45. The molecule has 2 rings (SSSR count). The number of nitrogens with zero attached hydrogens (tertiary/aromatic N) is 1. The van der Waals surface area contributed by atoms with Crippen LogP contribution in [0.2, 0.25) is 0 Å². The Morgan fingerprint density at radius 1 is 1.53 bits per heavy atom. The summed E-state index contributed by atoms with van der Waals surface area (Å²) < 4.78 is 13.9. The minimum absolute atomic E-state index is 0.188. The third kappa shape index (κ3) is 3.76. The summed E-state index contributed by atoms with van der Waals surface area (Å²) in [5, 5.41) is 3.47. The van der Waals surface area contributed by atoms with Crippen LogP contribution in [0.4, 0.5) is 4.39 Å². The van der Waals surface area contributed by atoms with Crippen molar-refractivity contribution in [3.05, 3.63) is 34.1 Å². The van der Waals surface area contributed by atoms with Crippen molar-refractivity contribution in [2.24, 2.45) is 0 Å². The number of hydrogen-bond acceptors (Lipinski definition) is 2. The van der Waals surface area contributed by atoms with Gasteiger partial charge in [0, 0.05) is 23.6 Å². The average molecular weight is 301 g/mol. The summed E-state index contributed by atoms with van der Waals surface area (Å²) in [5.74, 6) is -0.188. The van der Waals surface area contributed by atoms with E-state index >= 15 is 0 Å². The average Bonchev–Trinajstić information content (AvgIpc) is 2.47. The second-order valence-electron chi connectivity index (χ2n) is 4.68. The summed E-state index contributed by atoms with van der Waals surface area (Å²) in [6.45, 7) is 6.32. The van der Waals surface area contributed by atoms with Gasteiger partial charge in [0.05, 0.1) is 0 Å². The van der Waals surface area contributed by atoms with Crippen LogP contribution in [0.25, 0.3) is 0 Å². The van der Waals surface area contributed by atoms with Crippen molar-refractivity contribution in [3.8, 4) is 0 Å². The highest BCUT2D eigenvalue weighted by Crippen LogP contribution is 2.20. The number of benzene rings is 1. The SMILES string of the molecule is CC1CN(Cc2ccc(F)cc2Br)CCCN1. The van der Waals surface area contributed by atoms with Crippen LogP contribution in [-0.4, -0.2) is 30.6 Å². The van der Waals surface area contributed by atoms with E-state index in [-0.39, 0.29) is 5.82 Å². The Balaban J connectivity index is 2.03. The lowest BCUT2D eigenvalue weighted by Crippen LogP contribution is -2.35. The molecule has 0 aliphatic carbocycles. The third-order valence-corrected chi connectivity index (χ3v) is 3.82. The van der Waals surface area contributed by atoms with Crippen molar-refractivity contribution in [3.63, 3.8) is 0 Å². The largest absolute Gasteiger partial charge is 0.313 e. The van der Waals surface area contributed by atoms with Crippen LogP contribution in [-0.2, 0) is 6.54 Å². The lowest BCUT2D eigenvalue weighted by atomic mass is 10.2. The topological polar surface area (TPSA) is 15.3 Å². The smallest absolute Gasteiger partial charge is 0.124 e. The fourth-order valence-electron chi connectivity index (χ4n) is 2.23. The molecule has 1 heterocycles. The lowest BCUT2D eigenvalue weighted by molar-refractivity contribution is 0.264. The zero-order chi connectivity index (χ0) is 12.3. The maximum Gasteiger partial charge on any atom is 0.124 e. The molecular formula is C13H18BrFN2. The van der Waals surface area contributed by atoms with Crippen molar-refractivity contribution in [1.29, 1.82) is 0 Å². The fourth-order valence-corrected chi connectivity index (χ4v) is 2.70. The van der Waals surface area contributed by atoms with Crippen LogP contribution in [0, 0.1) is 5.82 Å². The van der Waals surface area contributed by atoms with E-state index in [1.54, 1.807) is 0 Å². The molecule has 0 saturated carbocycles. The van der Waals surface area contributed by atoms with Gasteiger partial charge in [-0.1, -0.05) is 22.0 Å². The molecule has 1 aromatic carbocycles. The molecule has 4 heteroatoms. The van der Waals surface area contributed by atoms with Gasteiger partial charge in [-0.25, -0.2) is 4.39 Å². The molecule has 0 spiro atoms. The Bertz CT molecular complexity index is 384. The molecule has 2 nitrogen and oxygen atoms in total. The Labute approximate surface area is 110 Å². The molecule has 17 heavy (non-hydrogen) atoms. The van der Waals surface area contributed by atoms with Crippen LogP contribution in [0.5, 0.6) is 0 Å². The van der Waals surface area contributed by atoms with E-state index in [0.717, 1.165) is 36.2 Å². The molecule has 1 atom stereocenters. The molecule has 1 aliphatic heterocycles. The van der Waals surface area contributed by atoms with Gasteiger partial charge in [-0.15, -0.1) is 0 Å². The van der Waals surface area contributed by atoms with Gasteiger partial charge in [0.1, 0.15) is 5.82 Å². The molecule has 1 fully saturated rings. The van der Waals surface area contributed by atoms with Gasteiger partial charge in [-0.2, -0.15) is 0 Å². The standard InChI is InChI=1S/C13H18BrFN2/c1-10-8-17(6-2-5-16-10)9-11-3-4-12(15)7-13(11)14/h3-4,7,10,16H,2,5-6,8-9H2,1H3. The fraction of sp³-hybridized carbons (Fsp3) is 0.538. The van der Waals surface area contributed by atoms with E-state index in [1.165, 1.54) is 18.6 Å². The highest BCUT2D eigenvalue weighted by Gasteiger charge is 2.15. The van der Waals surface area contributed by atoms with Gasteiger partial charge in [-0.3, -0.25) is 4.90 Å². The number of rotatable bonds is 2. The lowest BCUT2D eigenvalue weighted by Gasteiger charge is -2.22. The number of hydrogen-bond donors (Lipinski definition) is 1. The van der Waals surface area contributed by atoms with Crippen LogP contribution in [0.15, 0.2) is 22.7 Å². The van der Waals surface area contributed by atoms with Crippen molar-refractivity contribution in [2.75, 3.05) is 19.6 Å². The van der Waals surface area contributed by atoms with Gasteiger partial charge in [-0.05, 0) is 44.1 Å². The van der Waals surface area contributed by atoms with Gasteiger partial charge in [0.2, 0.25) is 0 Å². The molecule has 0 aromatic heterocycles. The van der Waals surface area contributed by atoms with E-state index < -0.39 is 0 Å². The first-order valence-corrected chi connectivity index (χ1v) is 6.84. The van der Waals surface area contributed by atoms with Crippen LogP contribution >= 0.6 is 15.9 Å². The monoisotopic (exact) mass is 300 g/mol. The highest BCUT2D eigenvalue weighted by atomic mass is 79.9. The minimum Gasteiger partial charge on any atom is -0.313 e. The van der Waals surface area contributed by atoms with Crippen molar-refractivity contribution < 1.29 is 4.39 Å². The number of nitrogens with one attached hydrogen (secondary N) is 1. The molecule has 0 amide bonds. The molecule has 1 unspecified atom stereocenters. The number of halogens is 2. The quantitative estimate of drug-likeness (QED) is 0.903. The summed E-state index contributed by atoms with van der Waals surface area (Å²) >= 11 is 3.43. The van der Waals surface area contributed by atoms with E-state index in [1.807, 2.05) is 6.07 Å².